The molecule has 0 heterocycles. The van der Waals surface area contributed by atoms with Crippen LogP contribution in [0.1, 0.15) is 30.5 Å². The van der Waals surface area contributed by atoms with E-state index >= 15 is 0 Å². The van der Waals surface area contributed by atoms with Crippen molar-refractivity contribution in [3.63, 3.8) is 0 Å². The number of hydrogen-bond acceptors (Lipinski definition) is 2. The molecule has 2 aromatic carbocycles. The minimum atomic E-state index is -0.0639. The van der Waals surface area contributed by atoms with E-state index in [1.807, 2.05) is 31.2 Å². The van der Waals surface area contributed by atoms with Crippen molar-refractivity contribution in [2.24, 2.45) is 0 Å². The summed E-state index contributed by atoms with van der Waals surface area (Å²) < 4.78 is 1.05. The van der Waals surface area contributed by atoms with E-state index in [9.17, 15) is 4.79 Å². The van der Waals surface area contributed by atoms with E-state index in [2.05, 4.69) is 45.6 Å². The molecule has 1 atom stereocenters. The first-order valence-electron chi connectivity index (χ1n) is 7.54. The van der Waals surface area contributed by atoms with Crippen molar-refractivity contribution in [1.29, 1.82) is 0 Å². The topological polar surface area (TPSA) is 41.1 Å². The second-order valence-electron chi connectivity index (χ2n) is 5.40. The fourth-order valence-electron chi connectivity index (χ4n) is 2.37. The van der Waals surface area contributed by atoms with E-state index in [0.717, 1.165) is 22.1 Å². The van der Waals surface area contributed by atoms with E-state index in [4.69, 9.17) is 11.6 Å². The summed E-state index contributed by atoms with van der Waals surface area (Å²) in [5.41, 5.74) is 2.91. The standard InChI is InChI=1S/C18H20BrClN2O/c1-3-16(13-4-6-14(19)7-5-13)21-11-18(23)22-17-9-8-15(20)10-12(17)2/h4-10,16,21H,3,11H2,1-2H3,(H,22,23)/t16-/m0/s1. The molecule has 0 aliphatic carbocycles. The van der Waals surface area contributed by atoms with Crippen LogP contribution in [0.3, 0.4) is 0 Å². The highest BCUT2D eigenvalue weighted by Crippen LogP contribution is 2.21. The second-order valence-corrected chi connectivity index (χ2v) is 6.75. The number of hydrogen-bond donors (Lipinski definition) is 2. The Kier molecular flexibility index (Phi) is 6.63. The highest BCUT2D eigenvalue weighted by atomic mass is 79.9. The summed E-state index contributed by atoms with van der Waals surface area (Å²) in [6, 6.07) is 13.7. The van der Waals surface area contributed by atoms with Gasteiger partial charge in [-0.25, -0.2) is 0 Å². The van der Waals surface area contributed by atoms with Crippen LogP contribution in [-0.2, 0) is 4.79 Å². The first-order chi connectivity index (χ1) is 11.0. The predicted octanol–water partition coefficient (Wildman–Crippen LogP) is 5.09. The van der Waals surface area contributed by atoms with Gasteiger partial charge >= 0.3 is 0 Å². The fraction of sp³-hybridized carbons (Fsp3) is 0.278. The Morgan fingerprint density at radius 3 is 2.52 bits per heavy atom. The van der Waals surface area contributed by atoms with Gasteiger partial charge in [-0.15, -0.1) is 0 Å². The molecule has 2 N–H and O–H groups in total. The molecule has 2 rings (SSSR count). The maximum absolute atomic E-state index is 12.1. The molecular formula is C18H20BrClN2O. The summed E-state index contributed by atoms with van der Waals surface area (Å²) in [6.45, 7) is 4.28. The summed E-state index contributed by atoms with van der Waals surface area (Å²) in [6.07, 6.45) is 0.912. The minimum absolute atomic E-state index is 0.0639. The van der Waals surface area contributed by atoms with Crippen LogP contribution >= 0.6 is 27.5 Å². The summed E-state index contributed by atoms with van der Waals surface area (Å²) in [5, 5.41) is 6.88. The van der Waals surface area contributed by atoms with Crippen molar-refractivity contribution in [3.05, 3.63) is 63.1 Å². The lowest BCUT2D eigenvalue weighted by Crippen LogP contribution is -2.31. The first kappa shape index (κ1) is 18.0. The number of rotatable bonds is 6. The summed E-state index contributed by atoms with van der Waals surface area (Å²) in [7, 11) is 0. The van der Waals surface area contributed by atoms with Crippen LogP contribution in [0.4, 0.5) is 5.69 Å². The molecule has 0 aliphatic heterocycles. The number of nitrogens with one attached hydrogen (secondary N) is 2. The highest BCUT2D eigenvalue weighted by molar-refractivity contribution is 9.10. The zero-order valence-corrected chi connectivity index (χ0v) is 15.5. The predicted molar refractivity (Wildman–Crippen MR) is 100.0 cm³/mol. The Morgan fingerprint density at radius 2 is 1.91 bits per heavy atom. The lowest BCUT2D eigenvalue weighted by atomic mass is 10.0. The number of anilines is 1. The van der Waals surface area contributed by atoms with Crippen LogP contribution in [0.5, 0.6) is 0 Å². The van der Waals surface area contributed by atoms with Crippen LogP contribution in [0, 0.1) is 6.92 Å². The molecule has 1 amide bonds. The van der Waals surface area contributed by atoms with Crippen molar-refractivity contribution < 1.29 is 4.79 Å². The molecule has 23 heavy (non-hydrogen) atoms. The van der Waals surface area contributed by atoms with Crippen LogP contribution in [0.2, 0.25) is 5.02 Å². The van der Waals surface area contributed by atoms with Gasteiger partial charge in [-0.1, -0.05) is 46.6 Å². The van der Waals surface area contributed by atoms with Crippen molar-refractivity contribution >= 4 is 39.1 Å². The summed E-state index contributed by atoms with van der Waals surface area (Å²) in [4.78, 5) is 12.1. The smallest absolute Gasteiger partial charge is 0.238 e. The fourth-order valence-corrected chi connectivity index (χ4v) is 2.86. The molecule has 0 spiro atoms. The molecule has 0 saturated heterocycles. The Labute approximate surface area is 150 Å². The average Bonchev–Trinajstić information content (AvgIpc) is 2.52. The second kappa shape index (κ2) is 8.48. The number of carbonyl (C=O) groups is 1. The molecule has 0 aromatic heterocycles. The molecule has 0 bridgehead atoms. The van der Waals surface area contributed by atoms with E-state index < -0.39 is 0 Å². The number of halogens is 2. The molecular weight excluding hydrogens is 376 g/mol. The maximum atomic E-state index is 12.1. The Bertz CT molecular complexity index is 673. The van der Waals surface area contributed by atoms with Gasteiger partial charge in [0, 0.05) is 21.2 Å². The summed E-state index contributed by atoms with van der Waals surface area (Å²) in [5.74, 6) is -0.0639. The molecule has 3 nitrogen and oxygen atoms in total. The molecule has 0 unspecified atom stereocenters. The van der Waals surface area contributed by atoms with Gasteiger partial charge in [0.05, 0.1) is 6.54 Å². The number of benzene rings is 2. The largest absolute Gasteiger partial charge is 0.325 e. The van der Waals surface area contributed by atoms with Crippen molar-refractivity contribution in [2.75, 3.05) is 11.9 Å². The number of aryl methyl sites for hydroxylation is 1. The zero-order valence-electron chi connectivity index (χ0n) is 13.2. The molecule has 0 fully saturated rings. The van der Waals surface area contributed by atoms with E-state index in [0.29, 0.717) is 5.02 Å². The van der Waals surface area contributed by atoms with Crippen molar-refractivity contribution in [2.45, 2.75) is 26.3 Å². The van der Waals surface area contributed by atoms with Crippen molar-refractivity contribution in [1.82, 2.24) is 5.32 Å². The quantitative estimate of drug-likeness (QED) is 0.715. The molecule has 0 radical (unpaired) electrons. The SMILES string of the molecule is CC[C@H](NCC(=O)Nc1ccc(Cl)cc1C)c1ccc(Br)cc1. The number of amides is 1. The monoisotopic (exact) mass is 394 g/mol. The first-order valence-corrected chi connectivity index (χ1v) is 8.71. The third-order valence-corrected chi connectivity index (χ3v) is 4.42. The Morgan fingerprint density at radius 1 is 1.22 bits per heavy atom. The van der Waals surface area contributed by atoms with Gasteiger partial charge < -0.3 is 10.6 Å². The minimum Gasteiger partial charge on any atom is -0.325 e. The van der Waals surface area contributed by atoms with Gasteiger partial charge in [-0.3, -0.25) is 4.79 Å². The highest BCUT2D eigenvalue weighted by Gasteiger charge is 2.11. The van der Waals surface area contributed by atoms with Crippen LogP contribution in [0.25, 0.3) is 0 Å². The molecule has 0 saturated carbocycles. The van der Waals surface area contributed by atoms with Gasteiger partial charge in [0.1, 0.15) is 0 Å². The summed E-state index contributed by atoms with van der Waals surface area (Å²) >= 11 is 9.36. The van der Waals surface area contributed by atoms with E-state index in [1.165, 1.54) is 5.56 Å². The normalized spacial score (nSPS) is 12.0. The molecule has 122 valence electrons. The van der Waals surface area contributed by atoms with Gasteiger partial charge in [-0.05, 0) is 54.8 Å². The van der Waals surface area contributed by atoms with Gasteiger partial charge in [0.25, 0.3) is 0 Å². The van der Waals surface area contributed by atoms with E-state index in [1.54, 1.807) is 6.07 Å². The van der Waals surface area contributed by atoms with E-state index in [-0.39, 0.29) is 18.5 Å². The van der Waals surface area contributed by atoms with Crippen LogP contribution in [-0.4, -0.2) is 12.5 Å². The average molecular weight is 396 g/mol. The Hall–Kier alpha value is -1.36. The lowest BCUT2D eigenvalue weighted by Gasteiger charge is -2.17. The Balaban J connectivity index is 1.93. The van der Waals surface area contributed by atoms with Gasteiger partial charge in [0.15, 0.2) is 0 Å². The van der Waals surface area contributed by atoms with Crippen LogP contribution < -0.4 is 10.6 Å². The molecule has 0 aliphatic rings. The number of carbonyl (C=O) groups excluding carboxylic acids is 1. The third-order valence-electron chi connectivity index (χ3n) is 3.65. The molecule has 2 aromatic rings. The third kappa shape index (κ3) is 5.34. The van der Waals surface area contributed by atoms with Gasteiger partial charge in [-0.2, -0.15) is 0 Å². The van der Waals surface area contributed by atoms with Crippen molar-refractivity contribution in [3.8, 4) is 0 Å². The molecule has 5 heteroatoms. The maximum Gasteiger partial charge on any atom is 0.238 e. The van der Waals surface area contributed by atoms with Gasteiger partial charge in [0.2, 0.25) is 5.91 Å². The zero-order chi connectivity index (χ0) is 16.8. The lowest BCUT2D eigenvalue weighted by molar-refractivity contribution is -0.115. The van der Waals surface area contributed by atoms with Crippen LogP contribution in [0.15, 0.2) is 46.9 Å².